The van der Waals surface area contributed by atoms with Gasteiger partial charge in [0.05, 0.1) is 16.5 Å². The van der Waals surface area contributed by atoms with E-state index in [2.05, 4.69) is 0 Å². The number of sulfonamides is 1. The maximum Gasteiger partial charge on any atom is 0.295 e. The number of likely N-dealkylation sites (tertiary alicyclic amines) is 1. The van der Waals surface area contributed by atoms with Crippen LogP contribution in [-0.4, -0.2) is 36.7 Å². The molecular weight excluding hydrogens is 478 g/mol. The summed E-state index contributed by atoms with van der Waals surface area (Å²) in [6, 6.07) is 14.7. The summed E-state index contributed by atoms with van der Waals surface area (Å²) in [5.41, 5.74) is 1.03. The van der Waals surface area contributed by atoms with E-state index in [9.17, 15) is 31.9 Å². The molecule has 1 atom stereocenters. The lowest BCUT2D eigenvalue weighted by Gasteiger charge is -2.25. The number of aliphatic hydroxyl groups is 1. The molecule has 0 saturated carbocycles. The molecule has 0 radical (unpaired) electrons. The van der Waals surface area contributed by atoms with Gasteiger partial charge in [-0.3, -0.25) is 9.59 Å². The molecule has 3 aromatic carbocycles. The predicted octanol–water partition coefficient (Wildman–Crippen LogP) is 3.28. The van der Waals surface area contributed by atoms with Crippen LogP contribution in [-0.2, 0) is 26.0 Å². The summed E-state index contributed by atoms with van der Waals surface area (Å²) in [5.74, 6) is -3.31. The van der Waals surface area contributed by atoms with Crippen LogP contribution in [0.2, 0.25) is 0 Å². The van der Waals surface area contributed by atoms with E-state index in [1.165, 1.54) is 53.4 Å². The smallest absolute Gasteiger partial charge is 0.295 e. The van der Waals surface area contributed by atoms with Crippen molar-refractivity contribution >= 4 is 27.5 Å². The molecular formula is C25H20F2N2O5S. The molecule has 1 heterocycles. The molecule has 0 spiro atoms. The Balaban J connectivity index is 1.72. The van der Waals surface area contributed by atoms with E-state index in [1.54, 1.807) is 12.1 Å². The van der Waals surface area contributed by atoms with Crippen molar-refractivity contribution in [2.24, 2.45) is 5.14 Å². The minimum atomic E-state index is -3.86. The first-order valence-corrected chi connectivity index (χ1v) is 12.0. The Kier molecular flexibility index (Phi) is 6.51. The second-order valence-electron chi connectivity index (χ2n) is 7.99. The van der Waals surface area contributed by atoms with Gasteiger partial charge in [0.2, 0.25) is 10.0 Å². The van der Waals surface area contributed by atoms with Gasteiger partial charge in [0.25, 0.3) is 11.7 Å². The number of nitrogens with two attached hydrogens (primary N) is 1. The molecule has 1 aliphatic heterocycles. The van der Waals surface area contributed by atoms with Crippen LogP contribution in [0.25, 0.3) is 5.76 Å². The van der Waals surface area contributed by atoms with Gasteiger partial charge < -0.3 is 10.0 Å². The van der Waals surface area contributed by atoms with Gasteiger partial charge >= 0.3 is 0 Å². The quantitative estimate of drug-likeness (QED) is 0.307. The molecule has 3 N–H and O–H groups in total. The highest BCUT2D eigenvalue weighted by Gasteiger charge is 2.45. The number of benzene rings is 3. The van der Waals surface area contributed by atoms with Crippen LogP contribution >= 0.6 is 0 Å². The van der Waals surface area contributed by atoms with Crippen molar-refractivity contribution < 1.29 is 31.9 Å². The topological polar surface area (TPSA) is 118 Å². The van der Waals surface area contributed by atoms with Gasteiger partial charge in [0.15, 0.2) is 0 Å². The number of aliphatic hydroxyl groups excluding tert-OH is 1. The number of ketones is 1. The molecule has 0 aliphatic carbocycles. The van der Waals surface area contributed by atoms with Crippen molar-refractivity contribution in [2.45, 2.75) is 17.4 Å². The average molecular weight is 499 g/mol. The Morgan fingerprint density at radius 2 is 1.43 bits per heavy atom. The molecule has 10 heteroatoms. The minimum absolute atomic E-state index is 0.0432. The van der Waals surface area contributed by atoms with Crippen LogP contribution < -0.4 is 5.14 Å². The Morgan fingerprint density at radius 3 is 1.97 bits per heavy atom. The van der Waals surface area contributed by atoms with Crippen molar-refractivity contribution in [3.8, 4) is 0 Å². The van der Waals surface area contributed by atoms with Crippen LogP contribution in [0.1, 0.15) is 22.7 Å². The molecule has 35 heavy (non-hydrogen) atoms. The molecule has 1 fully saturated rings. The van der Waals surface area contributed by atoms with Gasteiger partial charge in [-0.25, -0.2) is 22.3 Å². The number of rotatable bonds is 6. The summed E-state index contributed by atoms with van der Waals surface area (Å²) >= 11 is 0. The van der Waals surface area contributed by atoms with Crippen molar-refractivity contribution in [2.75, 3.05) is 6.54 Å². The fourth-order valence-corrected chi connectivity index (χ4v) is 4.48. The number of amides is 1. The number of primary sulfonamides is 1. The highest BCUT2D eigenvalue weighted by molar-refractivity contribution is 7.89. The standard InChI is InChI=1S/C25H20F2N2O5S/c26-18-7-3-16(4-8-18)22-21(23(30)17-5-9-19(27)10-6-17)24(31)25(32)29(22)14-13-15-1-11-20(12-2-15)35(28,33)34/h1-12,22,30H,13-14H2,(H2,28,33,34)/t22-/m0/s1. The fraction of sp³-hybridized carbons (Fsp3) is 0.120. The highest BCUT2D eigenvalue weighted by atomic mass is 32.2. The molecule has 0 bridgehead atoms. The van der Waals surface area contributed by atoms with E-state index < -0.39 is 45.1 Å². The monoisotopic (exact) mass is 498 g/mol. The highest BCUT2D eigenvalue weighted by Crippen LogP contribution is 2.39. The lowest BCUT2D eigenvalue weighted by molar-refractivity contribution is -0.139. The van der Waals surface area contributed by atoms with E-state index in [0.717, 1.165) is 12.1 Å². The third-order valence-corrected chi connectivity index (χ3v) is 6.67. The van der Waals surface area contributed by atoms with Gasteiger partial charge in [0, 0.05) is 12.1 Å². The van der Waals surface area contributed by atoms with Gasteiger partial charge in [-0.2, -0.15) is 0 Å². The Bertz CT molecular complexity index is 1420. The maximum absolute atomic E-state index is 13.6. The van der Waals surface area contributed by atoms with E-state index in [4.69, 9.17) is 5.14 Å². The third-order valence-electron chi connectivity index (χ3n) is 5.74. The van der Waals surface area contributed by atoms with Crippen LogP contribution in [0.15, 0.2) is 83.3 Å². The van der Waals surface area contributed by atoms with Crippen molar-refractivity contribution in [3.05, 3.63) is 107 Å². The second-order valence-corrected chi connectivity index (χ2v) is 9.55. The number of halogens is 2. The molecule has 1 amide bonds. The summed E-state index contributed by atoms with van der Waals surface area (Å²) in [4.78, 5) is 27.1. The summed E-state index contributed by atoms with van der Waals surface area (Å²) in [7, 11) is -3.86. The summed E-state index contributed by atoms with van der Waals surface area (Å²) in [6.45, 7) is 0.0432. The molecule has 7 nitrogen and oxygen atoms in total. The number of carbonyl (C=O) groups is 2. The second kappa shape index (κ2) is 9.40. The van der Waals surface area contributed by atoms with Gasteiger partial charge in [0.1, 0.15) is 17.4 Å². The van der Waals surface area contributed by atoms with Crippen molar-refractivity contribution in [3.63, 3.8) is 0 Å². The van der Waals surface area contributed by atoms with Crippen molar-refractivity contribution in [1.82, 2.24) is 4.90 Å². The lowest BCUT2D eigenvalue weighted by atomic mass is 9.95. The normalized spacial score (nSPS) is 17.7. The van der Waals surface area contributed by atoms with Crippen LogP contribution in [0.5, 0.6) is 0 Å². The zero-order chi connectivity index (χ0) is 25.3. The molecule has 0 aromatic heterocycles. The van der Waals surface area contributed by atoms with E-state index in [-0.39, 0.29) is 29.0 Å². The average Bonchev–Trinajstić information content (AvgIpc) is 3.08. The molecule has 4 rings (SSSR count). The van der Waals surface area contributed by atoms with Gasteiger partial charge in [-0.05, 0) is 66.1 Å². The number of nitrogens with zero attached hydrogens (tertiary/aromatic N) is 1. The predicted molar refractivity (Wildman–Crippen MR) is 123 cm³/mol. The number of hydrogen-bond donors (Lipinski definition) is 2. The number of Topliss-reactive ketones (excluding diaryl/α,β-unsaturated/α-hetero) is 1. The Hall–Kier alpha value is -3.89. The maximum atomic E-state index is 13.6. The lowest BCUT2D eigenvalue weighted by Crippen LogP contribution is -2.31. The Morgan fingerprint density at radius 1 is 0.886 bits per heavy atom. The van der Waals surface area contributed by atoms with E-state index >= 15 is 0 Å². The first kappa shape index (κ1) is 24.2. The first-order chi connectivity index (χ1) is 16.6. The van der Waals surface area contributed by atoms with Crippen LogP contribution in [0.3, 0.4) is 0 Å². The SMILES string of the molecule is NS(=O)(=O)c1ccc(CCN2C(=O)C(=O)C(=C(O)c3ccc(F)cc3)[C@@H]2c2ccc(F)cc2)cc1. The van der Waals surface area contributed by atoms with Crippen molar-refractivity contribution in [1.29, 1.82) is 0 Å². The molecule has 180 valence electrons. The Labute approximate surface area is 200 Å². The molecule has 1 aliphatic rings. The van der Waals surface area contributed by atoms with E-state index in [1.807, 2.05) is 0 Å². The summed E-state index contributed by atoms with van der Waals surface area (Å²) < 4.78 is 49.9. The van der Waals surface area contributed by atoms with Crippen LogP contribution in [0, 0.1) is 11.6 Å². The molecule has 1 saturated heterocycles. The number of carbonyl (C=O) groups excluding carboxylic acids is 2. The molecule has 3 aromatic rings. The fourth-order valence-electron chi connectivity index (χ4n) is 3.96. The zero-order valence-electron chi connectivity index (χ0n) is 18.2. The molecule has 0 unspecified atom stereocenters. The van der Waals surface area contributed by atoms with Crippen LogP contribution in [0.4, 0.5) is 8.78 Å². The zero-order valence-corrected chi connectivity index (χ0v) is 19.0. The summed E-state index contributed by atoms with van der Waals surface area (Å²) in [6.07, 6.45) is 0.256. The summed E-state index contributed by atoms with van der Waals surface area (Å²) in [5, 5.41) is 16.0. The third kappa shape index (κ3) is 4.98. The first-order valence-electron chi connectivity index (χ1n) is 10.5. The van der Waals surface area contributed by atoms with Gasteiger partial charge in [-0.1, -0.05) is 24.3 Å². The van der Waals surface area contributed by atoms with E-state index in [0.29, 0.717) is 11.1 Å². The van der Waals surface area contributed by atoms with Gasteiger partial charge in [-0.15, -0.1) is 0 Å². The largest absolute Gasteiger partial charge is 0.507 e. The minimum Gasteiger partial charge on any atom is -0.507 e. The number of hydrogen-bond acceptors (Lipinski definition) is 5.